The van der Waals surface area contributed by atoms with Gasteiger partial charge in [-0.15, -0.1) is 0 Å². The Hall–Kier alpha value is -2.64. The number of nitro groups is 1. The molecule has 0 unspecified atom stereocenters. The van der Waals surface area contributed by atoms with Crippen LogP contribution in [0.2, 0.25) is 0 Å². The molecule has 1 rings (SSSR count). The van der Waals surface area contributed by atoms with E-state index in [0.29, 0.717) is 0 Å². The number of carboxylic acid groups (broad SMARTS) is 1. The number of anilines is 1. The largest absolute Gasteiger partial charge is 0.478 e. The smallest absolute Gasteiger partial charge is 0.412 e. The van der Waals surface area contributed by atoms with E-state index >= 15 is 0 Å². The van der Waals surface area contributed by atoms with Gasteiger partial charge in [0.15, 0.2) is 0 Å². The maximum Gasteiger partial charge on any atom is 0.412 e. The Labute approximate surface area is 120 Å². The summed E-state index contributed by atoms with van der Waals surface area (Å²) in [6.07, 6.45) is -0.960. The highest BCUT2D eigenvalue weighted by Gasteiger charge is 2.27. The molecule has 0 saturated heterocycles. The Morgan fingerprint density at radius 2 is 1.90 bits per heavy atom. The Bertz CT molecular complexity index is 603. The zero-order valence-corrected chi connectivity index (χ0v) is 12.1. The van der Waals surface area contributed by atoms with Gasteiger partial charge in [0.2, 0.25) is 0 Å². The molecule has 0 aliphatic heterocycles. The molecule has 0 saturated carbocycles. The second-order valence-electron chi connectivity index (χ2n) is 5.34. The van der Waals surface area contributed by atoms with Gasteiger partial charge >= 0.3 is 12.1 Å². The number of carboxylic acids is 1. The fourth-order valence-electron chi connectivity index (χ4n) is 1.64. The van der Waals surface area contributed by atoms with Crippen molar-refractivity contribution in [1.29, 1.82) is 0 Å². The van der Waals surface area contributed by atoms with Gasteiger partial charge in [0, 0.05) is 5.56 Å². The van der Waals surface area contributed by atoms with Gasteiger partial charge in [0.1, 0.15) is 11.3 Å². The van der Waals surface area contributed by atoms with Gasteiger partial charge in [-0.3, -0.25) is 15.4 Å². The predicted molar refractivity (Wildman–Crippen MR) is 74.6 cm³/mol. The quantitative estimate of drug-likeness (QED) is 0.653. The molecule has 0 bridgehead atoms. The summed E-state index contributed by atoms with van der Waals surface area (Å²) < 4.78 is 4.99. The second kappa shape index (κ2) is 5.78. The van der Waals surface area contributed by atoms with Crippen molar-refractivity contribution < 1.29 is 24.4 Å². The molecule has 0 fully saturated rings. The van der Waals surface area contributed by atoms with Crippen LogP contribution >= 0.6 is 0 Å². The lowest BCUT2D eigenvalue weighted by Gasteiger charge is -2.20. The molecule has 0 radical (unpaired) electrons. The van der Waals surface area contributed by atoms with Gasteiger partial charge < -0.3 is 9.84 Å². The highest BCUT2D eigenvalue weighted by atomic mass is 16.6. The summed E-state index contributed by atoms with van der Waals surface area (Å²) >= 11 is 0. The van der Waals surface area contributed by atoms with Crippen LogP contribution in [0, 0.1) is 17.0 Å². The molecule has 8 nitrogen and oxygen atoms in total. The molecule has 1 amide bonds. The van der Waals surface area contributed by atoms with Crippen molar-refractivity contribution in [3.63, 3.8) is 0 Å². The van der Waals surface area contributed by atoms with Gasteiger partial charge in [0.25, 0.3) is 5.69 Å². The van der Waals surface area contributed by atoms with E-state index in [0.717, 1.165) is 0 Å². The van der Waals surface area contributed by atoms with Crippen LogP contribution in [0.4, 0.5) is 16.2 Å². The fourth-order valence-corrected chi connectivity index (χ4v) is 1.64. The molecule has 2 N–H and O–H groups in total. The first-order valence-corrected chi connectivity index (χ1v) is 6.04. The Kier molecular flexibility index (Phi) is 4.52. The number of nitrogens with zero attached hydrogens (tertiary/aromatic N) is 1. The van der Waals surface area contributed by atoms with Gasteiger partial charge in [-0.1, -0.05) is 6.07 Å². The lowest BCUT2D eigenvalue weighted by Crippen LogP contribution is -2.28. The average Bonchev–Trinajstić information content (AvgIpc) is 2.24. The Balaban J connectivity index is 3.31. The first-order chi connectivity index (χ1) is 9.53. The first kappa shape index (κ1) is 16.4. The maximum atomic E-state index is 11.7. The number of aryl methyl sites for hydroxylation is 1. The van der Waals surface area contributed by atoms with E-state index in [-0.39, 0.29) is 16.8 Å². The van der Waals surface area contributed by atoms with E-state index in [4.69, 9.17) is 9.84 Å². The van der Waals surface area contributed by atoms with Crippen molar-refractivity contribution in [2.75, 3.05) is 5.32 Å². The van der Waals surface area contributed by atoms with Crippen molar-refractivity contribution in [3.05, 3.63) is 33.4 Å². The second-order valence-corrected chi connectivity index (χ2v) is 5.34. The van der Waals surface area contributed by atoms with E-state index in [1.54, 1.807) is 20.8 Å². The number of aromatic carboxylic acids is 1. The normalized spacial score (nSPS) is 10.9. The fraction of sp³-hybridized carbons (Fsp3) is 0.385. The van der Waals surface area contributed by atoms with Gasteiger partial charge in [-0.25, -0.2) is 9.59 Å². The molecule has 0 heterocycles. The van der Waals surface area contributed by atoms with E-state index in [1.165, 1.54) is 19.1 Å². The third-order valence-corrected chi connectivity index (χ3v) is 2.42. The lowest BCUT2D eigenvalue weighted by molar-refractivity contribution is -0.384. The minimum atomic E-state index is -1.39. The number of nitrogens with one attached hydrogen (secondary N) is 1. The van der Waals surface area contributed by atoms with E-state index in [9.17, 15) is 19.7 Å². The summed E-state index contributed by atoms with van der Waals surface area (Å²) in [6, 6.07) is 2.50. The van der Waals surface area contributed by atoms with Gasteiger partial charge in [0.05, 0.1) is 10.5 Å². The van der Waals surface area contributed by atoms with Crippen LogP contribution in [0.15, 0.2) is 12.1 Å². The molecule has 0 aliphatic carbocycles. The molecule has 8 heteroatoms. The summed E-state index contributed by atoms with van der Waals surface area (Å²) in [7, 11) is 0. The molecule has 21 heavy (non-hydrogen) atoms. The van der Waals surface area contributed by atoms with Crippen LogP contribution in [-0.4, -0.2) is 27.7 Å². The molecule has 0 spiro atoms. The molecule has 0 aliphatic rings. The van der Waals surface area contributed by atoms with E-state index in [2.05, 4.69) is 5.32 Å². The van der Waals surface area contributed by atoms with E-state index in [1.807, 2.05) is 0 Å². The third-order valence-electron chi connectivity index (χ3n) is 2.42. The number of nitro benzene ring substituents is 1. The SMILES string of the molecule is Cc1ccc(C(=O)O)c(NC(=O)OC(C)(C)C)c1[N+](=O)[O-]. The van der Waals surface area contributed by atoms with Crippen molar-refractivity contribution in [2.45, 2.75) is 33.3 Å². The number of rotatable bonds is 3. The number of benzene rings is 1. The summed E-state index contributed by atoms with van der Waals surface area (Å²) in [6.45, 7) is 6.31. The molecular formula is C13H16N2O6. The zero-order chi connectivity index (χ0) is 16.4. The van der Waals surface area contributed by atoms with E-state index < -0.39 is 28.3 Å². The first-order valence-electron chi connectivity index (χ1n) is 6.04. The number of carbonyl (C=O) groups excluding carboxylic acids is 1. The van der Waals surface area contributed by atoms with Crippen molar-refractivity contribution in [2.24, 2.45) is 0 Å². The number of ether oxygens (including phenoxy) is 1. The topological polar surface area (TPSA) is 119 Å². The van der Waals surface area contributed by atoms with Crippen molar-refractivity contribution >= 4 is 23.4 Å². The molecule has 114 valence electrons. The molecule has 1 aromatic carbocycles. The minimum Gasteiger partial charge on any atom is -0.478 e. The van der Waals surface area contributed by atoms with Crippen molar-refractivity contribution in [3.8, 4) is 0 Å². The van der Waals surface area contributed by atoms with Gasteiger partial charge in [-0.05, 0) is 33.8 Å². The van der Waals surface area contributed by atoms with Crippen LogP contribution in [0.25, 0.3) is 0 Å². The summed E-state index contributed by atoms with van der Waals surface area (Å²) in [5.74, 6) is -1.39. The van der Waals surface area contributed by atoms with Crippen LogP contribution in [-0.2, 0) is 4.74 Å². The van der Waals surface area contributed by atoms with Gasteiger partial charge in [-0.2, -0.15) is 0 Å². The van der Waals surface area contributed by atoms with Crippen molar-refractivity contribution in [1.82, 2.24) is 0 Å². The molecular weight excluding hydrogens is 280 g/mol. The number of carbonyl (C=O) groups is 2. The number of amides is 1. The highest BCUT2D eigenvalue weighted by Crippen LogP contribution is 2.32. The molecule has 0 aromatic heterocycles. The van der Waals surface area contributed by atoms with Crippen LogP contribution in [0.5, 0.6) is 0 Å². The highest BCUT2D eigenvalue weighted by molar-refractivity contribution is 6.02. The lowest BCUT2D eigenvalue weighted by atomic mass is 10.1. The number of hydrogen-bond donors (Lipinski definition) is 2. The van der Waals surface area contributed by atoms with Crippen LogP contribution < -0.4 is 5.32 Å². The van der Waals surface area contributed by atoms with Crippen LogP contribution in [0.3, 0.4) is 0 Å². The third kappa shape index (κ3) is 4.16. The zero-order valence-electron chi connectivity index (χ0n) is 12.1. The summed E-state index contributed by atoms with van der Waals surface area (Å²) in [5, 5.41) is 22.4. The monoisotopic (exact) mass is 296 g/mol. The summed E-state index contributed by atoms with van der Waals surface area (Å²) in [5.41, 5.74) is -1.82. The van der Waals surface area contributed by atoms with Crippen LogP contribution in [0.1, 0.15) is 36.7 Å². The Morgan fingerprint density at radius 1 is 1.33 bits per heavy atom. The Morgan fingerprint density at radius 3 is 2.33 bits per heavy atom. The number of hydrogen-bond acceptors (Lipinski definition) is 5. The molecule has 0 atom stereocenters. The summed E-state index contributed by atoms with van der Waals surface area (Å²) in [4.78, 5) is 33.3. The predicted octanol–water partition coefficient (Wildman–Crippen LogP) is 2.95. The maximum absolute atomic E-state index is 11.7. The minimum absolute atomic E-state index is 0.232. The average molecular weight is 296 g/mol. The standard InChI is InChI=1S/C13H16N2O6/c1-7-5-6-8(11(16)17)9(10(7)15(19)20)14-12(18)21-13(2,3)4/h5-6H,1-4H3,(H,14,18)(H,16,17). The molecule has 1 aromatic rings.